The van der Waals surface area contributed by atoms with Crippen molar-refractivity contribution in [1.82, 2.24) is 0 Å². The summed E-state index contributed by atoms with van der Waals surface area (Å²) < 4.78 is 6.41. The number of fused-ring (bicyclic) bond motifs is 12. The Morgan fingerprint density at radius 2 is 0.881 bits per heavy atom. The topological polar surface area (TPSA) is 16.4 Å². The lowest BCUT2D eigenvalue weighted by Crippen LogP contribution is -2.29. The van der Waals surface area contributed by atoms with Gasteiger partial charge in [0, 0.05) is 16.8 Å². The van der Waals surface area contributed by atoms with Crippen molar-refractivity contribution >= 4 is 51.2 Å². The second-order valence-corrected chi connectivity index (χ2v) is 15.6. The first kappa shape index (κ1) is 33.5. The molecule has 0 radical (unpaired) electrons. The van der Waals surface area contributed by atoms with E-state index in [1.807, 2.05) is 6.07 Å². The molecule has 276 valence electrons. The van der Waals surface area contributed by atoms with Crippen LogP contribution in [0.25, 0.3) is 67.5 Å². The van der Waals surface area contributed by atoms with E-state index >= 15 is 0 Å². The first-order valence-corrected chi connectivity index (χ1v) is 20.3. The molecule has 0 atom stereocenters. The van der Waals surface area contributed by atoms with E-state index in [0.29, 0.717) is 0 Å². The molecule has 2 nitrogen and oxygen atoms in total. The highest BCUT2D eigenvalue weighted by atomic mass is 16.3. The van der Waals surface area contributed by atoms with Crippen LogP contribution in [0, 0.1) is 0 Å². The standard InChI is InChI=1S/C57H37NO/c1-2-14-38(15-3-1)39-30-34-43(35-31-39)58(52-25-13-27-54-56(52)47-19-7-11-26-53(47)59-54)44-36-32-40(33-37-44)45-20-12-24-51-55(45)46-18-6-10-23-50(46)57(51)48-21-8-4-16-41(48)28-29-42-17-5-9-22-49(42)57/h1-37H. The smallest absolute Gasteiger partial charge is 0.137 e. The molecule has 1 spiro atoms. The van der Waals surface area contributed by atoms with Crippen molar-refractivity contribution in [2.45, 2.75) is 5.41 Å². The molecule has 1 heterocycles. The van der Waals surface area contributed by atoms with Gasteiger partial charge in [-0.1, -0.05) is 182 Å². The van der Waals surface area contributed by atoms with Gasteiger partial charge >= 0.3 is 0 Å². The van der Waals surface area contributed by atoms with E-state index < -0.39 is 5.41 Å². The highest BCUT2D eigenvalue weighted by molar-refractivity contribution is 6.13. The molecule has 12 rings (SSSR count). The van der Waals surface area contributed by atoms with E-state index in [-0.39, 0.29) is 0 Å². The summed E-state index contributed by atoms with van der Waals surface area (Å²) in [5.74, 6) is 0. The van der Waals surface area contributed by atoms with E-state index in [1.54, 1.807) is 0 Å². The maximum atomic E-state index is 6.41. The molecule has 0 saturated heterocycles. The number of para-hydroxylation sites is 1. The predicted octanol–water partition coefficient (Wildman–Crippen LogP) is 15.2. The van der Waals surface area contributed by atoms with E-state index in [1.165, 1.54) is 66.8 Å². The van der Waals surface area contributed by atoms with Crippen LogP contribution >= 0.6 is 0 Å². The molecule has 0 aliphatic heterocycles. The number of rotatable bonds is 5. The maximum absolute atomic E-state index is 6.41. The number of benzene rings is 9. The van der Waals surface area contributed by atoms with E-state index in [4.69, 9.17) is 4.42 Å². The second kappa shape index (κ2) is 13.2. The van der Waals surface area contributed by atoms with Gasteiger partial charge < -0.3 is 9.32 Å². The first-order valence-electron chi connectivity index (χ1n) is 20.3. The van der Waals surface area contributed by atoms with Crippen molar-refractivity contribution < 1.29 is 4.42 Å². The summed E-state index contributed by atoms with van der Waals surface area (Å²) in [6.45, 7) is 0. The van der Waals surface area contributed by atoms with Crippen molar-refractivity contribution in [2.75, 3.05) is 4.90 Å². The summed E-state index contributed by atoms with van der Waals surface area (Å²) >= 11 is 0. The molecule has 0 saturated carbocycles. The lowest BCUT2D eigenvalue weighted by molar-refractivity contribution is 0.669. The second-order valence-electron chi connectivity index (χ2n) is 15.6. The van der Waals surface area contributed by atoms with Gasteiger partial charge in [0.15, 0.2) is 0 Å². The normalized spacial score (nSPS) is 13.2. The molecule has 1 aromatic heterocycles. The van der Waals surface area contributed by atoms with Crippen LogP contribution in [-0.4, -0.2) is 0 Å². The lowest BCUT2D eigenvalue weighted by Gasteiger charge is -2.35. The Bertz CT molecular complexity index is 3210. The van der Waals surface area contributed by atoms with Crippen molar-refractivity contribution in [3.05, 3.63) is 246 Å². The monoisotopic (exact) mass is 751 g/mol. The van der Waals surface area contributed by atoms with Crippen LogP contribution in [-0.2, 0) is 5.41 Å². The molecule has 0 fully saturated rings. The lowest BCUT2D eigenvalue weighted by atomic mass is 9.66. The Morgan fingerprint density at radius 1 is 0.356 bits per heavy atom. The quantitative estimate of drug-likeness (QED) is 0.174. The molecule has 2 aliphatic carbocycles. The number of furan rings is 1. The Kier molecular flexibility index (Phi) is 7.48. The maximum Gasteiger partial charge on any atom is 0.137 e. The molecule has 0 amide bonds. The molecule has 0 unspecified atom stereocenters. The molecular weight excluding hydrogens is 715 g/mol. The fourth-order valence-corrected chi connectivity index (χ4v) is 10.0. The zero-order valence-electron chi connectivity index (χ0n) is 32.2. The molecule has 9 aromatic carbocycles. The largest absolute Gasteiger partial charge is 0.456 e. The third kappa shape index (κ3) is 5.00. The van der Waals surface area contributed by atoms with Gasteiger partial charge in [-0.05, 0) is 109 Å². The Morgan fingerprint density at radius 3 is 1.61 bits per heavy atom. The van der Waals surface area contributed by atoms with Crippen molar-refractivity contribution in [3.63, 3.8) is 0 Å². The highest BCUT2D eigenvalue weighted by Gasteiger charge is 2.49. The van der Waals surface area contributed by atoms with Gasteiger partial charge in [-0.25, -0.2) is 0 Å². The number of hydrogen-bond donors (Lipinski definition) is 0. The fourth-order valence-electron chi connectivity index (χ4n) is 10.0. The summed E-state index contributed by atoms with van der Waals surface area (Å²) in [4.78, 5) is 2.37. The van der Waals surface area contributed by atoms with Crippen molar-refractivity contribution in [3.8, 4) is 33.4 Å². The fraction of sp³-hybridized carbons (Fsp3) is 0.0175. The summed E-state index contributed by atoms with van der Waals surface area (Å²) in [6.07, 6.45) is 4.58. The molecule has 0 N–H and O–H groups in total. The van der Waals surface area contributed by atoms with Gasteiger partial charge in [-0.2, -0.15) is 0 Å². The van der Waals surface area contributed by atoms with E-state index in [2.05, 4.69) is 223 Å². The van der Waals surface area contributed by atoms with Gasteiger partial charge in [-0.15, -0.1) is 0 Å². The zero-order chi connectivity index (χ0) is 38.9. The van der Waals surface area contributed by atoms with Crippen LogP contribution in [0.5, 0.6) is 0 Å². The molecule has 10 aromatic rings. The number of nitrogens with zero attached hydrogens (tertiary/aromatic N) is 1. The molecule has 2 heteroatoms. The van der Waals surface area contributed by atoms with Crippen LogP contribution in [0.1, 0.15) is 33.4 Å². The first-order chi connectivity index (χ1) is 29.3. The highest BCUT2D eigenvalue weighted by Crippen LogP contribution is 2.60. The zero-order valence-corrected chi connectivity index (χ0v) is 32.2. The molecule has 59 heavy (non-hydrogen) atoms. The van der Waals surface area contributed by atoms with Crippen LogP contribution < -0.4 is 4.90 Å². The summed E-state index contributed by atoms with van der Waals surface area (Å²) in [6, 6.07) is 77.2. The minimum atomic E-state index is -0.465. The van der Waals surface area contributed by atoms with Crippen LogP contribution in [0.15, 0.2) is 217 Å². The molecule has 0 bridgehead atoms. The van der Waals surface area contributed by atoms with Gasteiger partial charge in [0.2, 0.25) is 0 Å². The van der Waals surface area contributed by atoms with Crippen molar-refractivity contribution in [1.29, 1.82) is 0 Å². The van der Waals surface area contributed by atoms with Gasteiger partial charge in [-0.3, -0.25) is 0 Å². The minimum Gasteiger partial charge on any atom is -0.456 e. The average molecular weight is 752 g/mol. The predicted molar refractivity (Wildman–Crippen MR) is 246 cm³/mol. The van der Waals surface area contributed by atoms with Gasteiger partial charge in [0.25, 0.3) is 0 Å². The summed E-state index contributed by atoms with van der Waals surface area (Å²) in [5.41, 5.74) is 19.7. The van der Waals surface area contributed by atoms with E-state index in [0.717, 1.165) is 39.0 Å². The average Bonchev–Trinajstić information content (AvgIpc) is 3.79. The minimum absolute atomic E-state index is 0.465. The number of hydrogen-bond acceptors (Lipinski definition) is 2. The third-order valence-corrected chi connectivity index (χ3v) is 12.5. The van der Waals surface area contributed by atoms with Crippen LogP contribution in [0.4, 0.5) is 17.1 Å². The number of anilines is 3. The Hall–Kier alpha value is -7.68. The summed E-state index contributed by atoms with van der Waals surface area (Å²) in [7, 11) is 0. The van der Waals surface area contributed by atoms with Crippen LogP contribution in [0.2, 0.25) is 0 Å². The van der Waals surface area contributed by atoms with Crippen molar-refractivity contribution in [2.24, 2.45) is 0 Å². The van der Waals surface area contributed by atoms with Gasteiger partial charge in [0.1, 0.15) is 11.2 Å². The molecular formula is C57H37NO. The van der Waals surface area contributed by atoms with E-state index in [9.17, 15) is 0 Å². The third-order valence-electron chi connectivity index (χ3n) is 12.5. The SMILES string of the molecule is C1=Cc2ccccc2C2(c3ccccc31)c1ccccc1-c1c(-c3ccc(N(c4ccc(-c5ccccc5)cc4)c4cccc5oc6ccccc6c45)cc3)cccc12. The summed E-state index contributed by atoms with van der Waals surface area (Å²) in [5, 5.41) is 2.20. The Labute approximate surface area is 343 Å². The Balaban J connectivity index is 1.04. The van der Waals surface area contributed by atoms with Gasteiger partial charge in [0.05, 0.1) is 16.5 Å². The molecule has 2 aliphatic rings. The van der Waals surface area contributed by atoms with Crippen LogP contribution in [0.3, 0.4) is 0 Å².